The van der Waals surface area contributed by atoms with Crippen LogP contribution in [-0.2, 0) is 20.7 Å². The molecule has 0 radical (unpaired) electrons. The third kappa shape index (κ3) is 4.19. The lowest BCUT2D eigenvalue weighted by Gasteiger charge is -2.19. The van der Waals surface area contributed by atoms with Crippen molar-refractivity contribution in [3.8, 4) is 0 Å². The molecule has 1 atom stereocenters. The number of hydrogen-bond acceptors (Lipinski definition) is 4. The number of fused-ring (bicyclic) bond motifs is 1. The van der Waals surface area contributed by atoms with Crippen LogP contribution in [0.5, 0.6) is 0 Å². The monoisotopic (exact) mass is 384 g/mol. The minimum Gasteiger partial charge on any atom is -0.469 e. The second kappa shape index (κ2) is 8.21. The molecular weight excluding hydrogens is 363 g/mol. The highest BCUT2D eigenvalue weighted by atomic mass is 19.1. The van der Waals surface area contributed by atoms with E-state index in [1.807, 2.05) is 0 Å². The van der Waals surface area contributed by atoms with Crippen LogP contribution >= 0.6 is 0 Å². The van der Waals surface area contributed by atoms with E-state index in [2.05, 4.69) is 5.32 Å². The lowest BCUT2D eigenvalue weighted by molar-refractivity contribution is -0.141. The van der Waals surface area contributed by atoms with Crippen molar-refractivity contribution in [2.24, 2.45) is 0 Å². The summed E-state index contributed by atoms with van der Waals surface area (Å²) in [6.07, 6.45) is 0.608. The molecule has 0 aromatic heterocycles. The Morgan fingerprint density at radius 3 is 2.54 bits per heavy atom. The Labute approximate surface area is 162 Å². The summed E-state index contributed by atoms with van der Waals surface area (Å²) in [5.41, 5.74) is 2.77. The number of anilines is 1. The van der Waals surface area contributed by atoms with Crippen LogP contribution in [0.2, 0.25) is 0 Å². The summed E-state index contributed by atoms with van der Waals surface area (Å²) in [4.78, 5) is 37.8. The van der Waals surface area contributed by atoms with Crippen molar-refractivity contribution in [1.29, 1.82) is 0 Å². The number of hydrogen-bond donors (Lipinski definition) is 1. The van der Waals surface area contributed by atoms with Gasteiger partial charge in [0.2, 0.25) is 5.91 Å². The fourth-order valence-electron chi connectivity index (χ4n) is 3.31. The van der Waals surface area contributed by atoms with Crippen LogP contribution in [0.3, 0.4) is 0 Å². The normalized spacial score (nSPS) is 13.6. The van der Waals surface area contributed by atoms with Crippen LogP contribution in [0.15, 0.2) is 42.5 Å². The number of nitrogens with zero attached hydrogens (tertiary/aromatic N) is 1. The first-order valence-electron chi connectivity index (χ1n) is 8.93. The number of benzene rings is 2. The van der Waals surface area contributed by atoms with Crippen molar-refractivity contribution in [3.63, 3.8) is 0 Å². The Hall–Kier alpha value is -3.22. The molecule has 0 saturated carbocycles. The molecule has 0 saturated heterocycles. The molecule has 0 spiro atoms. The minimum atomic E-state index is -0.650. The van der Waals surface area contributed by atoms with E-state index in [0.29, 0.717) is 24.1 Å². The van der Waals surface area contributed by atoms with Gasteiger partial charge in [-0.15, -0.1) is 0 Å². The molecule has 0 bridgehead atoms. The van der Waals surface area contributed by atoms with Crippen LogP contribution < -0.4 is 10.2 Å². The van der Waals surface area contributed by atoms with E-state index >= 15 is 0 Å². The van der Waals surface area contributed by atoms with E-state index in [1.54, 1.807) is 23.1 Å². The number of halogens is 1. The highest BCUT2D eigenvalue weighted by Gasteiger charge is 2.24. The fraction of sp³-hybridized carbons (Fsp3) is 0.286. The number of ether oxygens (including phenoxy) is 1. The summed E-state index contributed by atoms with van der Waals surface area (Å²) in [6, 6.07) is 10.1. The summed E-state index contributed by atoms with van der Waals surface area (Å²) in [7, 11) is 1.27. The maximum Gasteiger partial charge on any atom is 0.307 e. The Kier molecular flexibility index (Phi) is 5.73. The molecule has 7 heteroatoms. The van der Waals surface area contributed by atoms with E-state index in [-0.39, 0.29) is 18.2 Å². The molecule has 1 aliphatic rings. The first kappa shape index (κ1) is 19.5. The minimum absolute atomic E-state index is 0.0367. The zero-order valence-corrected chi connectivity index (χ0v) is 15.7. The Morgan fingerprint density at radius 2 is 1.89 bits per heavy atom. The Balaban J connectivity index is 1.81. The van der Waals surface area contributed by atoms with Gasteiger partial charge in [-0.1, -0.05) is 12.1 Å². The van der Waals surface area contributed by atoms with Crippen molar-refractivity contribution in [1.82, 2.24) is 5.32 Å². The van der Waals surface area contributed by atoms with Crippen molar-refractivity contribution < 1.29 is 23.5 Å². The molecule has 1 aliphatic heterocycles. The van der Waals surface area contributed by atoms with Gasteiger partial charge in [-0.2, -0.15) is 0 Å². The van der Waals surface area contributed by atoms with E-state index in [9.17, 15) is 18.8 Å². The van der Waals surface area contributed by atoms with Crippen LogP contribution in [0, 0.1) is 5.82 Å². The number of carbonyl (C=O) groups excluding carboxylic acids is 3. The molecule has 0 unspecified atom stereocenters. The standard InChI is InChI=1S/C21H21FN2O4/c1-13(25)24-10-9-15-11-16(5-8-19(15)24)21(27)23-18(12-20(26)28-2)14-3-6-17(22)7-4-14/h3-8,11,18H,9-10,12H2,1-2H3,(H,23,27)/t18-/m0/s1. The molecule has 1 N–H and O–H groups in total. The molecule has 28 heavy (non-hydrogen) atoms. The average molecular weight is 384 g/mol. The van der Waals surface area contributed by atoms with Crippen LogP contribution in [0.25, 0.3) is 0 Å². The maximum atomic E-state index is 13.2. The lowest BCUT2D eigenvalue weighted by atomic mass is 10.0. The second-order valence-corrected chi connectivity index (χ2v) is 6.62. The molecule has 0 fully saturated rings. The van der Waals surface area contributed by atoms with Crippen LogP contribution in [-0.4, -0.2) is 31.4 Å². The maximum absolute atomic E-state index is 13.2. The highest BCUT2D eigenvalue weighted by molar-refractivity contribution is 5.98. The van der Waals surface area contributed by atoms with E-state index in [1.165, 1.54) is 38.3 Å². The van der Waals surface area contributed by atoms with Crippen LogP contribution in [0.1, 0.15) is 40.9 Å². The van der Waals surface area contributed by atoms with Gasteiger partial charge in [0.25, 0.3) is 5.91 Å². The first-order valence-corrected chi connectivity index (χ1v) is 8.93. The van der Waals surface area contributed by atoms with Crippen molar-refractivity contribution in [3.05, 3.63) is 65.0 Å². The summed E-state index contributed by atoms with van der Waals surface area (Å²) in [5.74, 6) is -1.28. The number of carbonyl (C=O) groups is 3. The summed E-state index contributed by atoms with van der Waals surface area (Å²) in [6.45, 7) is 2.10. The summed E-state index contributed by atoms with van der Waals surface area (Å²) < 4.78 is 17.9. The van der Waals surface area contributed by atoms with Crippen molar-refractivity contribution in [2.75, 3.05) is 18.6 Å². The van der Waals surface area contributed by atoms with Crippen LogP contribution in [0.4, 0.5) is 10.1 Å². The number of methoxy groups -OCH3 is 1. The molecule has 146 valence electrons. The Bertz CT molecular complexity index is 911. The van der Waals surface area contributed by atoms with Crippen molar-refractivity contribution in [2.45, 2.75) is 25.8 Å². The summed E-state index contributed by atoms with van der Waals surface area (Å²) >= 11 is 0. The van der Waals surface area contributed by atoms with Gasteiger partial charge >= 0.3 is 5.97 Å². The number of rotatable bonds is 5. The van der Waals surface area contributed by atoms with Gasteiger partial charge in [0.15, 0.2) is 0 Å². The van der Waals surface area contributed by atoms with E-state index in [4.69, 9.17) is 4.74 Å². The topological polar surface area (TPSA) is 75.7 Å². The largest absolute Gasteiger partial charge is 0.469 e. The second-order valence-electron chi connectivity index (χ2n) is 6.62. The van der Waals surface area contributed by atoms with Gasteiger partial charge in [0.05, 0.1) is 19.6 Å². The summed E-state index contributed by atoms with van der Waals surface area (Å²) in [5, 5.41) is 2.82. The molecule has 2 aromatic carbocycles. The number of esters is 1. The average Bonchev–Trinajstić information content (AvgIpc) is 3.11. The smallest absolute Gasteiger partial charge is 0.307 e. The number of amides is 2. The predicted molar refractivity (Wildman–Crippen MR) is 101 cm³/mol. The zero-order chi connectivity index (χ0) is 20.3. The third-order valence-corrected chi connectivity index (χ3v) is 4.79. The highest BCUT2D eigenvalue weighted by Crippen LogP contribution is 2.29. The lowest BCUT2D eigenvalue weighted by Crippen LogP contribution is -2.30. The van der Waals surface area contributed by atoms with E-state index < -0.39 is 17.8 Å². The van der Waals surface area contributed by atoms with Gasteiger partial charge in [-0.05, 0) is 47.9 Å². The van der Waals surface area contributed by atoms with Gasteiger partial charge in [-0.3, -0.25) is 14.4 Å². The fourth-order valence-corrected chi connectivity index (χ4v) is 3.31. The predicted octanol–water partition coefficient (Wildman–Crippen LogP) is 2.77. The van der Waals surface area contributed by atoms with Crippen molar-refractivity contribution >= 4 is 23.5 Å². The molecule has 3 rings (SSSR count). The molecule has 0 aliphatic carbocycles. The molecular formula is C21H21FN2O4. The molecule has 6 nitrogen and oxygen atoms in total. The van der Waals surface area contributed by atoms with Gasteiger partial charge in [-0.25, -0.2) is 4.39 Å². The Morgan fingerprint density at radius 1 is 1.18 bits per heavy atom. The van der Waals surface area contributed by atoms with Gasteiger partial charge in [0, 0.05) is 24.7 Å². The van der Waals surface area contributed by atoms with Gasteiger partial charge < -0.3 is 15.0 Å². The van der Waals surface area contributed by atoms with E-state index in [0.717, 1.165) is 11.3 Å². The molecule has 1 heterocycles. The quantitative estimate of drug-likeness (QED) is 0.805. The molecule has 2 aromatic rings. The zero-order valence-electron chi connectivity index (χ0n) is 15.7. The molecule has 2 amide bonds. The number of nitrogens with one attached hydrogen (secondary N) is 1. The first-order chi connectivity index (χ1) is 13.4. The SMILES string of the molecule is COC(=O)C[C@H](NC(=O)c1ccc2c(c1)CCN2C(C)=O)c1ccc(F)cc1. The third-order valence-electron chi connectivity index (χ3n) is 4.79. The van der Waals surface area contributed by atoms with Gasteiger partial charge in [0.1, 0.15) is 5.82 Å².